The topological polar surface area (TPSA) is 4.93 Å². The molecule has 0 spiro atoms. The highest BCUT2D eigenvalue weighted by Gasteiger charge is 2.19. The summed E-state index contributed by atoms with van der Waals surface area (Å²) in [5, 5.41) is 2.56. The summed E-state index contributed by atoms with van der Waals surface area (Å²) in [6, 6.07) is 55.7. The summed E-state index contributed by atoms with van der Waals surface area (Å²) in [5.41, 5.74) is 9.89. The predicted octanol–water partition coefficient (Wildman–Crippen LogP) is 16.0. The molecule has 0 radical (unpaired) electrons. The number of rotatable bonds is 3. The molecule has 0 saturated heterocycles. The van der Waals surface area contributed by atoms with Crippen LogP contribution in [0.15, 0.2) is 158 Å². The number of nitrogens with zero attached hydrogens (tertiary/aromatic N) is 1. The van der Waals surface area contributed by atoms with Crippen molar-refractivity contribution in [2.75, 3.05) is 0 Å². The van der Waals surface area contributed by atoms with Gasteiger partial charge in [0.1, 0.15) is 0 Å². The zero-order valence-electron chi connectivity index (χ0n) is 32.9. The average molecular weight is 666 g/mol. The molecule has 50 heavy (non-hydrogen) atoms. The molecule has 0 saturated carbocycles. The van der Waals surface area contributed by atoms with Gasteiger partial charge in [0.05, 0.1) is 16.7 Å². The molecular formula is C49H63N. The molecule has 0 aliphatic heterocycles. The summed E-state index contributed by atoms with van der Waals surface area (Å²) in [4.78, 5) is 0. The Morgan fingerprint density at radius 2 is 0.660 bits per heavy atom. The Balaban J connectivity index is 0.000000551. The number of fused-ring (bicyclic) bond motifs is 3. The van der Waals surface area contributed by atoms with Crippen molar-refractivity contribution in [1.29, 1.82) is 0 Å². The second-order valence-corrected chi connectivity index (χ2v) is 10.9. The number of hydrogen-bond acceptors (Lipinski definition) is 0. The minimum absolute atomic E-state index is 1.22. The Bertz CT molecular complexity index is 1720. The van der Waals surface area contributed by atoms with Crippen LogP contribution >= 0.6 is 0 Å². The molecule has 0 aliphatic rings. The third kappa shape index (κ3) is 12.2. The molecule has 0 fully saturated rings. The second kappa shape index (κ2) is 26.0. The van der Waals surface area contributed by atoms with Crippen molar-refractivity contribution in [2.24, 2.45) is 0 Å². The van der Waals surface area contributed by atoms with Crippen LogP contribution in [-0.4, -0.2) is 4.57 Å². The molecule has 0 N–H and O–H groups in total. The van der Waals surface area contributed by atoms with E-state index in [-0.39, 0.29) is 0 Å². The van der Waals surface area contributed by atoms with E-state index in [2.05, 4.69) is 179 Å². The van der Waals surface area contributed by atoms with Gasteiger partial charge < -0.3 is 4.57 Å². The highest BCUT2D eigenvalue weighted by atomic mass is 15.0. The average Bonchev–Trinajstić information content (AvgIpc) is 3.53. The third-order valence-electron chi connectivity index (χ3n) is 6.95. The molecule has 0 aliphatic carbocycles. The zero-order valence-corrected chi connectivity index (χ0v) is 32.9. The Hall–Kier alpha value is -4.88. The summed E-state index contributed by atoms with van der Waals surface area (Å²) < 4.78 is 2.44. The first-order valence-electron chi connectivity index (χ1n) is 18.9. The molecule has 264 valence electrons. The quantitative estimate of drug-likeness (QED) is 0.177. The lowest BCUT2D eigenvalue weighted by atomic mass is 9.95. The number of hydrogen-bond donors (Lipinski definition) is 0. The number of aromatic nitrogens is 1. The first-order valence-corrected chi connectivity index (χ1v) is 18.9. The van der Waals surface area contributed by atoms with E-state index in [9.17, 15) is 0 Å². The minimum atomic E-state index is 1.22. The van der Waals surface area contributed by atoms with Gasteiger partial charge in [-0.05, 0) is 30.2 Å². The highest BCUT2D eigenvalue weighted by molar-refractivity contribution is 6.10. The van der Waals surface area contributed by atoms with Crippen LogP contribution < -0.4 is 0 Å². The van der Waals surface area contributed by atoms with Gasteiger partial charge in [-0.25, -0.2) is 0 Å². The van der Waals surface area contributed by atoms with Crippen LogP contribution in [0.3, 0.4) is 0 Å². The number of benzene rings is 6. The van der Waals surface area contributed by atoms with E-state index in [1.54, 1.807) is 0 Å². The predicted molar refractivity (Wildman–Crippen MR) is 229 cm³/mol. The van der Waals surface area contributed by atoms with Crippen LogP contribution in [0.25, 0.3) is 49.7 Å². The fourth-order valence-corrected chi connectivity index (χ4v) is 5.18. The van der Waals surface area contributed by atoms with Crippen molar-refractivity contribution in [3.63, 3.8) is 0 Å². The molecule has 0 unspecified atom stereocenters. The van der Waals surface area contributed by atoms with Gasteiger partial charge in [-0.15, -0.1) is 0 Å². The monoisotopic (exact) mass is 665 g/mol. The van der Waals surface area contributed by atoms with Crippen molar-refractivity contribution >= 4 is 21.8 Å². The van der Waals surface area contributed by atoms with Crippen molar-refractivity contribution in [3.05, 3.63) is 163 Å². The fraction of sp³-hybridized carbons (Fsp3) is 0.265. The standard InChI is InChI=1S/C30H21N.C7H8.2C3H8.3C2H6/c1-3-12-22(13-4-1)24-18-11-19-25(23-14-5-2-6-15-23)30(24)31-28-20-9-7-16-26(28)27-17-8-10-21-29(27)31;1-7-5-3-2-4-6-7;2*1-3-2;3*1-2/h1-21H;2-6H,1H3;2*3H2,1-2H3;3*1-2H3. The summed E-state index contributed by atoms with van der Waals surface area (Å²) in [6.45, 7) is 22.6. The minimum Gasteiger partial charge on any atom is -0.308 e. The van der Waals surface area contributed by atoms with Crippen molar-refractivity contribution in [1.82, 2.24) is 4.57 Å². The molecular weight excluding hydrogens is 603 g/mol. The van der Waals surface area contributed by atoms with E-state index in [0.717, 1.165) is 0 Å². The number of para-hydroxylation sites is 3. The lowest BCUT2D eigenvalue weighted by molar-refractivity contribution is 1.09. The van der Waals surface area contributed by atoms with E-state index in [1.165, 1.54) is 68.2 Å². The molecule has 0 bridgehead atoms. The van der Waals surface area contributed by atoms with Crippen LogP contribution in [0.4, 0.5) is 0 Å². The van der Waals surface area contributed by atoms with Crippen LogP contribution in [0.2, 0.25) is 0 Å². The summed E-state index contributed by atoms with van der Waals surface area (Å²) in [6.07, 6.45) is 2.50. The van der Waals surface area contributed by atoms with Gasteiger partial charge in [-0.1, -0.05) is 233 Å². The van der Waals surface area contributed by atoms with Gasteiger partial charge in [-0.2, -0.15) is 0 Å². The third-order valence-corrected chi connectivity index (χ3v) is 6.95. The summed E-state index contributed by atoms with van der Waals surface area (Å²) >= 11 is 0. The molecule has 1 heteroatoms. The Morgan fingerprint density at radius 3 is 0.980 bits per heavy atom. The molecule has 1 nitrogen and oxygen atoms in total. The number of aryl methyl sites for hydroxylation is 1. The van der Waals surface area contributed by atoms with Crippen molar-refractivity contribution in [3.8, 4) is 27.9 Å². The first-order chi connectivity index (χ1) is 24.6. The van der Waals surface area contributed by atoms with Gasteiger partial charge in [0.25, 0.3) is 0 Å². The van der Waals surface area contributed by atoms with Crippen molar-refractivity contribution < 1.29 is 0 Å². The van der Waals surface area contributed by atoms with E-state index in [0.29, 0.717) is 0 Å². The normalized spacial score (nSPS) is 9.26. The fourth-order valence-electron chi connectivity index (χ4n) is 5.18. The lowest BCUT2D eigenvalue weighted by Crippen LogP contribution is -2.00. The maximum atomic E-state index is 2.44. The SMILES string of the molecule is CC.CC.CC.CCC.CCC.Cc1ccccc1.c1ccc(-c2cccc(-c3ccccc3)c2-n2c3ccccc3c3ccccc32)cc1. The highest BCUT2D eigenvalue weighted by Crippen LogP contribution is 2.40. The maximum Gasteiger partial charge on any atom is 0.0618 e. The van der Waals surface area contributed by atoms with Crippen molar-refractivity contribution in [2.45, 2.75) is 89.0 Å². The van der Waals surface area contributed by atoms with Gasteiger partial charge in [0.2, 0.25) is 0 Å². The molecule has 7 rings (SSSR count). The lowest BCUT2D eigenvalue weighted by Gasteiger charge is -2.19. The zero-order chi connectivity index (χ0) is 37.1. The molecule has 0 amide bonds. The van der Waals surface area contributed by atoms with E-state index >= 15 is 0 Å². The van der Waals surface area contributed by atoms with E-state index in [4.69, 9.17) is 0 Å². The Kier molecular flexibility index (Phi) is 22.5. The van der Waals surface area contributed by atoms with Gasteiger partial charge in [0.15, 0.2) is 0 Å². The molecule has 1 heterocycles. The smallest absolute Gasteiger partial charge is 0.0618 e. The molecule has 1 aromatic heterocycles. The largest absolute Gasteiger partial charge is 0.308 e. The molecule has 6 aromatic carbocycles. The Morgan fingerprint density at radius 1 is 0.360 bits per heavy atom. The maximum absolute atomic E-state index is 2.44. The van der Waals surface area contributed by atoms with E-state index < -0.39 is 0 Å². The van der Waals surface area contributed by atoms with Gasteiger partial charge in [-0.3, -0.25) is 0 Å². The summed E-state index contributed by atoms with van der Waals surface area (Å²) in [5.74, 6) is 0. The first kappa shape index (κ1) is 43.1. The molecule has 0 atom stereocenters. The van der Waals surface area contributed by atoms with Crippen LogP contribution in [0.1, 0.15) is 87.6 Å². The second-order valence-electron chi connectivity index (χ2n) is 10.9. The van der Waals surface area contributed by atoms with Crippen LogP contribution in [0, 0.1) is 6.92 Å². The van der Waals surface area contributed by atoms with Crippen LogP contribution in [-0.2, 0) is 0 Å². The van der Waals surface area contributed by atoms with Crippen LogP contribution in [0.5, 0.6) is 0 Å². The molecule has 7 aromatic rings. The summed E-state index contributed by atoms with van der Waals surface area (Å²) in [7, 11) is 0. The van der Waals surface area contributed by atoms with E-state index in [1.807, 2.05) is 59.7 Å². The van der Waals surface area contributed by atoms with Gasteiger partial charge >= 0.3 is 0 Å². The van der Waals surface area contributed by atoms with Gasteiger partial charge in [0, 0.05) is 21.9 Å². The Labute approximate surface area is 305 Å².